The predicted octanol–water partition coefficient (Wildman–Crippen LogP) is 4.36. The van der Waals surface area contributed by atoms with E-state index in [0.29, 0.717) is 40.7 Å². The smallest absolute Gasteiger partial charge is 0.285 e. The highest BCUT2D eigenvalue weighted by Gasteiger charge is 2.30. The second-order valence-corrected chi connectivity index (χ2v) is 8.71. The summed E-state index contributed by atoms with van der Waals surface area (Å²) in [5.41, 5.74) is 2.11. The Labute approximate surface area is 207 Å². The Morgan fingerprint density at radius 1 is 0.944 bits per heavy atom. The van der Waals surface area contributed by atoms with Crippen LogP contribution in [0.3, 0.4) is 0 Å². The van der Waals surface area contributed by atoms with Gasteiger partial charge in [0.2, 0.25) is 5.56 Å². The fraction of sp³-hybridized carbons (Fsp3) is 0.250. The zero-order chi connectivity index (χ0) is 25.5. The third kappa shape index (κ3) is 6.68. The molecule has 0 fully saturated rings. The van der Waals surface area contributed by atoms with Gasteiger partial charge in [-0.05, 0) is 53.9 Å². The van der Waals surface area contributed by atoms with Gasteiger partial charge >= 0.3 is 0 Å². The maximum atomic E-state index is 14.2. The second-order valence-electron chi connectivity index (χ2n) is 8.71. The van der Waals surface area contributed by atoms with Crippen LogP contribution in [0.25, 0.3) is 10.9 Å². The molecule has 1 aromatic heterocycles. The largest absolute Gasteiger partial charge is 0.506 e. The summed E-state index contributed by atoms with van der Waals surface area (Å²) in [4.78, 5) is 14.1. The molecule has 188 valence electrons. The summed E-state index contributed by atoms with van der Waals surface area (Å²) in [5.74, 6) is -2.64. The number of aliphatic hydroxyl groups is 1. The van der Waals surface area contributed by atoms with Gasteiger partial charge in [-0.15, -0.1) is 0 Å². The Kier molecular flexibility index (Phi) is 7.97. The number of phenolic OH excluding ortho intramolecular Hbond substituents is 1. The molecule has 0 saturated carbocycles. The number of aliphatic hydroxyl groups excluding tert-OH is 1. The van der Waals surface area contributed by atoms with E-state index in [-0.39, 0.29) is 24.3 Å². The third-order valence-electron chi connectivity index (χ3n) is 5.87. The van der Waals surface area contributed by atoms with Crippen molar-refractivity contribution in [3.05, 3.63) is 106 Å². The lowest BCUT2D eigenvalue weighted by molar-refractivity contribution is -0.0400. The average molecular weight is 495 g/mol. The number of rotatable bonds is 11. The van der Waals surface area contributed by atoms with Crippen molar-refractivity contribution in [2.75, 3.05) is 19.7 Å². The molecule has 6 nitrogen and oxygen atoms in total. The summed E-state index contributed by atoms with van der Waals surface area (Å²) in [6.07, 6.45) is -0.547. The van der Waals surface area contributed by atoms with Crippen molar-refractivity contribution >= 4 is 10.9 Å². The lowest BCUT2D eigenvalue weighted by Crippen LogP contribution is -2.28. The van der Waals surface area contributed by atoms with Gasteiger partial charge in [-0.1, -0.05) is 48.5 Å². The van der Waals surface area contributed by atoms with Gasteiger partial charge < -0.3 is 25.3 Å². The number of fused-ring (bicyclic) bond motifs is 1. The van der Waals surface area contributed by atoms with Gasteiger partial charge in [0.25, 0.3) is 5.92 Å². The van der Waals surface area contributed by atoms with E-state index in [9.17, 15) is 23.8 Å². The van der Waals surface area contributed by atoms with Gasteiger partial charge in [-0.3, -0.25) is 4.79 Å². The molecule has 1 unspecified atom stereocenters. The molecule has 0 aliphatic carbocycles. The number of H-pyrrole nitrogens is 1. The molecule has 1 atom stereocenters. The van der Waals surface area contributed by atoms with E-state index in [0.717, 1.165) is 5.56 Å². The topological polar surface area (TPSA) is 94.6 Å². The van der Waals surface area contributed by atoms with E-state index in [4.69, 9.17) is 4.74 Å². The number of aromatic hydroxyl groups is 1. The number of ether oxygens (including phenoxy) is 1. The number of halogens is 2. The first kappa shape index (κ1) is 25.3. The molecule has 0 saturated heterocycles. The molecular formula is C28H28F2N2O4. The summed E-state index contributed by atoms with van der Waals surface area (Å²) < 4.78 is 33.7. The number of hydrogen-bond acceptors (Lipinski definition) is 5. The van der Waals surface area contributed by atoms with Crippen molar-refractivity contribution in [3.8, 4) is 11.5 Å². The monoisotopic (exact) mass is 494 g/mol. The van der Waals surface area contributed by atoms with Gasteiger partial charge in [0.1, 0.15) is 11.5 Å². The second kappa shape index (κ2) is 11.3. The van der Waals surface area contributed by atoms with Gasteiger partial charge in [0.05, 0.1) is 11.6 Å². The predicted molar refractivity (Wildman–Crippen MR) is 135 cm³/mol. The van der Waals surface area contributed by atoms with E-state index >= 15 is 0 Å². The zero-order valence-corrected chi connectivity index (χ0v) is 19.6. The molecule has 4 aromatic rings. The van der Waals surface area contributed by atoms with Gasteiger partial charge in [-0.25, -0.2) is 8.78 Å². The standard InChI is InChI=1S/C28H28F2N2O4/c29-28(30,16-20-4-2-1-3-5-20)18-36-21-8-6-19(7-9-21)14-15-31-17-25(34)22-10-12-24(33)27-23(22)11-13-26(35)32-27/h1-13,25,31,33-34H,14-18H2,(H,32,35). The highest BCUT2D eigenvalue weighted by molar-refractivity contribution is 5.87. The Morgan fingerprint density at radius 2 is 1.69 bits per heavy atom. The van der Waals surface area contributed by atoms with Crippen LogP contribution in [0.5, 0.6) is 11.5 Å². The van der Waals surface area contributed by atoms with E-state index < -0.39 is 18.6 Å². The fourth-order valence-electron chi connectivity index (χ4n) is 4.02. The maximum Gasteiger partial charge on any atom is 0.285 e. The number of aromatic amines is 1. The van der Waals surface area contributed by atoms with E-state index in [1.165, 1.54) is 12.1 Å². The quantitative estimate of drug-likeness (QED) is 0.233. The van der Waals surface area contributed by atoms with Crippen LogP contribution in [-0.2, 0) is 12.8 Å². The summed E-state index contributed by atoms with van der Waals surface area (Å²) in [7, 11) is 0. The van der Waals surface area contributed by atoms with Crippen molar-refractivity contribution < 1.29 is 23.7 Å². The van der Waals surface area contributed by atoms with Crippen LogP contribution in [-0.4, -0.2) is 40.8 Å². The molecule has 0 spiro atoms. The Bertz CT molecular complexity index is 1340. The molecule has 0 bridgehead atoms. The normalized spacial score (nSPS) is 12.5. The van der Waals surface area contributed by atoms with Crippen molar-refractivity contribution in [1.82, 2.24) is 10.3 Å². The van der Waals surface area contributed by atoms with Gasteiger partial charge in [0, 0.05) is 24.4 Å². The summed E-state index contributed by atoms with van der Waals surface area (Å²) in [6.45, 7) is 0.163. The van der Waals surface area contributed by atoms with Crippen molar-refractivity contribution in [3.63, 3.8) is 0 Å². The lowest BCUT2D eigenvalue weighted by Gasteiger charge is -2.17. The van der Waals surface area contributed by atoms with Gasteiger partial charge in [0.15, 0.2) is 6.61 Å². The Morgan fingerprint density at radius 3 is 2.44 bits per heavy atom. The first-order valence-electron chi connectivity index (χ1n) is 11.7. The number of phenols is 1. The third-order valence-corrected chi connectivity index (χ3v) is 5.87. The van der Waals surface area contributed by atoms with Crippen LogP contribution < -0.4 is 15.6 Å². The van der Waals surface area contributed by atoms with Crippen LogP contribution in [0.1, 0.15) is 22.8 Å². The van der Waals surface area contributed by atoms with Gasteiger partial charge in [-0.2, -0.15) is 0 Å². The first-order chi connectivity index (χ1) is 17.3. The number of hydrogen-bond donors (Lipinski definition) is 4. The highest BCUT2D eigenvalue weighted by Crippen LogP contribution is 2.28. The molecule has 4 N–H and O–H groups in total. The van der Waals surface area contributed by atoms with Crippen LogP contribution in [0.15, 0.2) is 83.7 Å². The minimum Gasteiger partial charge on any atom is -0.506 e. The van der Waals surface area contributed by atoms with Crippen LogP contribution in [0.2, 0.25) is 0 Å². The van der Waals surface area contributed by atoms with Crippen molar-refractivity contribution in [2.45, 2.75) is 24.9 Å². The van der Waals surface area contributed by atoms with E-state index in [1.54, 1.807) is 54.6 Å². The molecule has 8 heteroatoms. The SMILES string of the molecule is O=c1ccc2c(C(O)CNCCc3ccc(OCC(F)(F)Cc4ccccc4)cc3)ccc(O)c2[nH]1. The molecule has 0 amide bonds. The Balaban J connectivity index is 1.24. The highest BCUT2D eigenvalue weighted by atomic mass is 19.3. The molecule has 4 rings (SSSR count). The number of alkyl halides is 2. The van der Waals surface area contributed by atoms with E-state index in [2.05, 4.69) is 10.3 Å². The zero-order valence-electron chi connectivity index (χ0n) is 19.6. The fourth-order valence-corrected chi connectivity index (χ4v) is 4.02. The summed E-state index contributed by atoms with van der Waals surface area (Å²) in [5, 5.41) is 24.4. The number of pyridine rings is 1. The molecule has 3 aromatic carbocycles. The van der Waals surface area contributed by atoms with Crippen LogP contribution >= 0.6 is 0 Å². The molecular weight excluding hydrogens is 466 g/mol. The molecule has 0 aliphatic heterocycles. The average Bonchev–Trinajstić information content (AvgIpc) is 2.87. The number of benzene rings is 3. The minimum absolute atomic E-state index is 0.0565. The van der Waals surface area contributed by atoms with Crippen molar-refractivity contribution in [2.24, 2.45) is 0 Å². The van der Waals surface area contributed by atoms with Crippen LogP contribution in [0, 0.1) is 0 Å². The molecule has 1 heterocycles. The summed E-state index contributed by atoms with van der Waals surface area (Å²) >= 11 is 0. The Hall–Kier alpha value is -3.75. The minimum atomic E-state index is -2.97. The molecule has 36 heavy (non-hydrogen) atoms. The number of aromatic nitrogens is 1. The van der Waals surface area contributed by atoms with E-state index in [1.807, 2.05) is 12.1 Å². The molecule has 0 radical (unpaired) electrons. The lowest BCUT2D eigenvalue weighted by atomic mass is 10.0. The first-order valence-corrected chi connectivity index (χ1v) is 11.7. The van der Waals surface area contributed by atoms with Crippen molar-refractivity contribution in [1.29, 1.82) is 0 Å². The maximum absolute atomic E-state index is 14.2. The number of nitrogens with one attached hydrogen (secondary N) is 2. The van der Waals surface area contributed by atoms with Crippen LogP contribution in [0.4, 0.5) is 8.78 Å². The molecule has 0 aliphatic rings. The summed E-state index contributed by atoms with van der Waals surface area (Å²) in [6, 6.07) is 21.6.